The lowest BCUT2D eigenvalue weighted by molar-refractivity contribution is 0.550. The van der Waals surface area contributed by atoms with Gasteiger partial charge in [0, 0.05) is 43.4 Å². The molecule has 30 heavy (non-hydrogen) atoms. The van der Waals surface area contributed by atoms with Crippen LogP contribution in [0.4, 0.5) is 68.2 Å². The SMILES string of the molecule is CNc1c(N)cc([N+](N)(c2cc(N)c(N)c(N)c2)c2cc(N)c(N)c(N)c2)cc1N. The van der Waals surface area contributed by atoms with Crippen molar-refractivity contribution in [1.82, 2.24) is 4.59 Å². The van der Waals surface area contributed by atoms with Crippen molar-refractivity contribution in [2.24, 2.45) is 5.84 Å². The number of nitrogens with two attached hydrogens (primary N) is 9. The highest BCUT2D eigenvalue weighted by Crippen LogP contribution is 2.47. The smallest absolute Gasteiger partial charge is 0.166 e. The summed E-state index contributed by atoms with van der Waals surface area (Å²) in [7, 11) is 1.72. The molecule has 0 aliphatic carbocycles. The molecule has 0 spiro atoms. The predicted octanol–water partition coefficient (Wildman–Crippen LogP) is 1.23. The van der Waals surface area contributed by atoms with E-state index in [0.29, 0.717) is 34.1 Å². The largest absolute Gasteiger partial charge is 0.397 e. The molecule has 0 saturated carbocycles. The number of hydrogen-bond acceptors (Lipinski definition) is 10. The first-order valence-corrected chi connectivity index (χ1v) is 8.95. The molecule has 0 aliphatic heterocycles. The van der Waals surface area contributed by atoms with Crippen molar-refractivity contribution in [3.8, 4) is 0 Å². The van der Waals surface area contributed by atoms with Gasteiger partial charge in [0.15, 0.2) is 17.1 Å². The maximum Gasteiger partial charge on any atom is 0.166 e. The number of quaternary nitrogens is 1. The minimum absolute atomic E-state index is 0.256. The summed E-state index contributed by atoms with van der Waals surface area (Å²) in [6, 6.07) is 9.85. The molecule has 0 fully saturated rings. The van der Waals surface area contributed by atoms with Crippen LogP contribution in [0.5, 0.6) is 0 Å². The zero-order chi connectivity index (χ0) is 22.4. The summed E-state index contributed by atoms with van der Waals surface area (Å²) in [5, 5.41) is 2.96. The van der Waals surface area contributed by atoms with Gasteiger partial charge in [0.1, 0.15) is 0 Å². The number of anilines is 9. The molecule has 11 heteroatoms. The van der Waals surface area contributed by atoms with Gasteiger partial charge in [-0.1, -0.05) is 0 Å². The maximum atomic E-state index is 6.97. The molecule has 11 nitrogen and oxygen atoms in total. The van der Waals surface area contributed by atoms with Crippen LogP contribution in [0.25, 0.3) is 0 Å². The lowest BCUT2D eigenvalue weighted by atomic mass is 10.1. The van der Waals surface area contributed by atoms with Crippen LogP contribution >= 0.6 is 0 Å². The van der Waals surface area contributed by atoms with Crippen molar-refractivity contribution in [3.05, 3.63) is 36.4 Å². The van der Waals surface area contributed by atoms with Crippen molar-refractivity contribution < 1.29 is 0 Å². The molecular formula is C19H28N11+. The number of benzene rings is 3. The molecule has 0 amide bonds. The molecule has 0 unspecified atom stereocenters. The second-order valence-corrected chi connectivity index (χ2v) is 7.05. The highest BCUT2D eigenvalue weighted by molar-refractivity contribution is 5.91. The Labute approximate surface area is 173 Å². The Hall–Kier alpha value is -4.22. The fraction of sp³-hybridized carbons (Fsp3) is 0.0526. The average molecular weight is 411 g/mol. The first-order chi connectivity index (χ1) is 14.0. The van der Waals surface area contributed by atoms with Gasteiger partial charge in [0.25, 0.3) is 0 Å². The fourth-order valence-electron chi connectivity index (χ4n) is 3.38. The first kappa shape index (κ1) is 20.5. The number of nitrogens with zero attached hydrogens (tertiary/aromatic N) is 1. The van der Waals surface area contributed by atoms with Crippen LogP contribution in [0.15, 0.2) is 36.4 Å². The zero-order valence-corrected chi connectivity index (χ0v) is 16.6. The summed E-state index contributed by atoms with van der Waals surface area (Å²) in [4.78, 5) is 0. The van der Waals surface area contributed by atoms with E-state index in [-0.39, 0.29) is 34.1 Å². The van der Waals surface area contributed by atoms with E-state index in [1.165, 1.54) is 0 Å². The Kier molecular flexibility index (Phi) is 4.78. The van der Waals surface area contributed by atoms with Crippen LogP contribution in [0.2, 0.25) is 0 Å². The second-order valence-electron chi connectivity index (χ2n) is 7.05. The molecule has 0 aliphatic rings. The van der Waals surface area contributed by atoms with E-state index in [9.17, 15) is 0 Å². The van der Waals surface area contributed by atoms with Crippen LogP contribution in [-0.4, -0.2) is 7.05 Å². The minimum Gasteiger partial charge on any atom is -0.397 e. The molecular weight excluding hydrogens is 382 g/mol. The van der Waals surface area contributed by atoms with Gasteiger partial charge in [0.05, 0.1) is 51.2 Å². The van der Waals surface area contributed by atoms with Gasteiger partial charge in [-0.05, 0) is 0 Å². The molecule has 0 aromatic heterocycles. The maximum absolute atomic E-state index is 6.97. The van der Waals surface area contributed by atoms with E-state index < -0.39 is 4.59 Å². The molecule has 0 heterocycles. The normalized spacial score (nSPS) is 11.4. The number of nitrogens with one attached hydrogen (secondary N) is 1. The van der Waals surface area contributed by atoms with Gasteiger partial charge in [0.2, 0.25) is 0 Å². The first-order valence-electron chi connectivity index (χ1n) is 8.95. The summed E-state index contributed by atoms with van der Waals surface area (Å²) in [6.45, 7) is 0. The Balaban J connectivity index is 2.41. The summed E-state index contributed by atoms with van der Waals surface area (Å²) in [6.07, 6.45) is 0. The Morgan fingerprint density at radius 2 is 0.800 bits per heavy atom. The highest BCUT2D eigenvalue weighted by atomic mass is 15.6. The van der Waals surface area contributed by atoms with Crippen LogP contribution in [0.3, 0.4) is 0 Å². The molecule has 0 atom stereocenters. The molecule has 0 saturated heterocycles. The van der Waals surface area contributed by atoms with Crippen LogP contribution in [0.1, 0.15) is 0 Å². The summed E-state index contributed by atoms with van der Waals surface area (Å²) >= 11 is 0. The lowest BCUT2D eigenvalue weighted by Crippen LogP contribution is -2.46. The monoisotopic (exact) mass is 410 g/mol. The third-order valence-electron chi connectivity index (χ3n) is 5.11. The van der Waals surface area contributed by atoms with Crippen LogP contribution < -0.4 is 61.6 Å². The third-order valence-corrected chi connectivity index (χ3v) is 5.11. The van der Waals surface area contributed by atoms with Gasteiger partial charge in [-0.15, -0.1) is 0 Å². The number of rotatable bonds is 4. The van der Waals surface area contributed by atoms with Crippen molar-refractivity contribution in [2.45, 2.75) is 0 Å². The Morgan fingerprint density at radius 1 is 0.533 bits per heavy atom. The summed E-state index contributed by atoms with van der Waals surface area (Å²) < 4.78 is -0.443. The van der Waals surface area contributed by atoms with E-state index in [4.69, 9.17) is 51.7 Å². The molecule has 19 N–H and O–H groups in total. The summed E-state index contributed by atoms with van der Waals surface area (Å²) in [5.41, 5.74) is 52.9. The van der Waals surface area contributed by atoms with Gasteiger partial charge in [-0.2, -0.15) is 10.4 Å². The quantitative estimate of drug-likeness (QED) is 0.127. The number of hydrogen-bond donors (Lipinski definition) is 10. The van der Waals surface area contributed by atoms with E-state index in [1.807, 2.05) is 0 Å². The standard InChI is InChI=1S/C19H28N11/c1-29-19-15(24)6-10(7-16(19)25)30(28,8-2-11(20)17(26)12(21)3-8)9-4-13(22)18(27)14(23)5-9/h2-7,29H,20-28H2,1H3/q+1. The lowest BCUT2D eigenvalue weighted by Gasteiger charge is -2.33. The molecule has 3 rings (SSSR count). The Bertz CT molecular complexity index is 1010. The zero-order valence-electron chi connectivity index (χ0n) is 16.6. The van der Waals surface area contributed by atoms with Crippen molar-refractivity contribution >= 4 is 68.2 Å². The van der Waals surface area contributed by atoms with Gasteiger partial charge in [-0.25, -0.2) is 0 Å². The Morgan fingerprint density at radius 3 is 1.07 bits per heavy atom. The average Bonchev–Trinajstić information content (AvgIpc) is 2.68. The van der Waals surface area contributed by atoms with Crippen molar-refractivity contribution in [3.63, 3.8) is 0 Å². The molecule has 0 bridgehead atoms. The van der Waals surface area contributed by atoms with Crippen molar-refractivity contribution in [1.29, 1.82) is 0 Å². The van der Waals surface area contributed by atoms with E-state index in [0.717, 1.165) is 0 Å². The van der Waals surface area contributed by atoms with E-state index in [2.05, 4.69) is 5.32 Å². The predicted molar refractivity (Wildman–Crippen MR) is 129 cm³/mol. The number of nitrogen functional groups attached to an aromatic ring is 8. The van der Waals surface area contributed by atoms with E-state index in [1.54, 1.807) is 43.4 Å². The van der Waals surface area contributed by atoms with Crippen molar-refractivity contribution in [2.75, 3.05) is 58.2 Å². The van der Waals surface area contributed by atoms with Crippen LogP contribution in [-0.2, 0) is 0 Å². The van der Waals surface area contributed by atoms with Crippen LogP contribution in [0, 0.1) is 0 Å². The molecule has 3 aromatic rings. The minimum atomic E-state index is -0.443. The fourth-order valence-corrected chi connectivity index (χ4v) is 3.38. The molecule has 158 valence electrons. The highest BCUT2D eigenvalue weighted by Gasteiger charge is 2.36. The molecule has 3 aromatic carbocycles. The molecule has 0 radical (unpaired) electrons. The summed E-state index contributed by atoms with van der Waals surface area (Å²) in [5.74, 6) is 6.97. The van der Waals surface area contributed by atoms with Gasteiger partial charge in [-0.3, -0.25) is 0 Å². The second kappa shape index (κ2) is 6.99. The topological polar surface area (TPSA) is 246 Å². The van der Waals surface area contributed by atoms with E-state index >= 15 is 0 Å². The van der Waals surface area contributed by atoms with Gasteiger partial charge < -0.3 is 51.2 Å². The van der Waals surface area contributed by atoms with Gasteiger partial charge >= 0.3 is 0 Å². The third kappa shape index (κ3) is 3.03.